The molecule has 0 bridgehead atoms. The van der Waals surface area contributed by atoms with Gasteiger partial charge in [-0.05, 0) is 26.3 Å². The second-order valence-electron chi connectivity index (χ2n) is 5.41. The molecule has 1 N–H and O–H groups in total. The van der Waals surface area contributed by atoms with Gasteiger partial charge in [-0.25, -0.2) is 0 Å². The van der Waals surface area contributed by atoms with E-state index in [9.17, 15) is 5.11 Å². The number of rotatable bonds is 4. The lowest BCUT2D eigenvalue weighted by Crippen LogP contribution is -2.47. The number of piperidine rings is 1. The summed E-state index contributed by atoms with van der Waals surface area (Å²) in [6.07, 6.45) is 3.70. The van der Waals surface area contributed by atoms with E-state index in [2.05, 4.69) is 16.7 Å². The molecule has 0 spiro atoms. The summed E-state index contributed by atoms with van der Waals surface area (Å²) < 4.78 is 5.31. The molecule has 2 unspecified atom stereocenters. The third-order valence-corrected chi connectivity index (χ3v) is 3.96. The normalized spacial score (nSPS) is 30.4. The summed E-state index contributed by atoms with van der Waals surface area (Å²) in [6.45, 7) is 8.62. The number of morpholine rings is 1. The van der Waals surface area contributed by atoms with Gasteiger partial charge in [-0.1, -0.05) is 6.42 Å². The molecule has 2 aliphatic rings. The Morgan fingerprint density at radius 2 is 1.94 bits per heavy atom. The molecule has 2 saturated heterocycles. The summed E-state index contributed by atoms with van der Waals surface area (Å²) in [5, 5.41) is 10.1. The summed E-state index contributed by atoms with van der Waals surface area (Å²) in [4.78, 5) is 4.75. The molecular weight excluding hydrogens is 216 g/mol. The van der Waals surface area contributed by atoms with Crippen LogP contribution in [0.3, 0.4) is 0 Å². The van der Waals surface area contributed by atoms with Crippen molar-refractivity contribution in [3.05, 3.63) is 0 Å². The van der Waals surface area contributed by atoms with Crippen LogP contribution in [0.4, 0.5) is 0 Å². The van der Waals surface area contributed by atoms with E-state index in [1.54, 1.807) is 0 Å². The molecule has 0 aromatic rings. The van der Waals surface area contributed by atoms with Gasteiger partial charge < -0.3 is 9.84 Å². The molecule has 0 saturated carbocycles. The first-order valence-corrected chi connectivity index (χ1v) is 6.98. The number of nitrogens with zero attached hydrogens (tertiary/aromatic N) is 2. The van der Waals surface area contributed by atoms with Crippen molar-refractivity contribution in [3.8, 4) is 0 Å². The molecule has 100 valence electrons. The highest BCUT2D eigenvalue weighted by molar-refractivity contribution is 4.77. The summed E-state index contributed by atoms with van der Waals surface area (Å²) in [7, 11) is 0. The van der Waals surface area contributed by atoms with Crippen LogP contribution in [-0.2, 0) is 4.74 Å². The van der Waals surface area contributed by atoms with E-state index in [0.29, 0.717) is 6.04 Å². The van der Waals surface area contributed by atoms with Crippen molar-refractivity contribution >= 4 is 0 Å². The summed E-state index contributed by atoms with van der Waals surface area (Å²) in [5.74, 6) is 0. The zero-order chi connectivity index (χ0) is 12.1. The number of β-amino-alcohol motifs (C(OH)–C–C–N with tert-alkyl or cyclic N) is 1. The maximum Gasteiger partial charge on any atom is 0.0793 e. The monoisotopic (exact) mass is 242 g/mol. The van der Waals surface area contributed by atoms with Crippen LogP contribution < -0.4 is 0 Å². The highest BCUT2D eigenvalue weighted by atomic mass is 16.5. The van der Waals surface area contributed by atoms with E-state index in [0.717, 1.165) is 45.9 Å². The molecule has 2 aliphatic heterocycles. The van der Waals surface area contributed by atoms with Crippen LogP contribution in [0, 0.1) is 0 Å². The molecule has 2 atom stereocenters. The number of hydrogen-bond donors (Lipinski definition) is 1. The first-order chi connectivity index (χ1) is 8.25. The third kappa shape index (κ3) is 4.21. The fraction of sp³-hybridized carbons (Fsp3) is 1.00. The van der Waals surface area contributed by atoms with Gasteiger partial charge in [0.2, 0.25) is 0 Å². The Hall–Kier alpha value is -0.160. The van der Waals surface area contributed by atoms with Crippen LogP contribution in [0.2, 0.25) is 0 Å². The van der Waals surface area contributed by atoms with Crippen molar-refractivity contribution in [2.24, 2.45) is 0 Å². The minimum absolute atomic E-state index is 0.214. The van der Waals surface area contributed by atoms with Crippen molar-refractivity contribution in [1.29, 1.82) is 0 Å². The Morgan fingerprint density at radius 3 is 2.65 bits per heavy atom. The first-order valence-electron chi connectivity index (χ1n) is 6.98. The van der Waals surface area contributed by atoms with E-state index in [-0.39, 0.29) is 6.10 Å². The first kappa shape index (κ1) is 13.3. The van der Waals surface area contributed by atoms with Crippen LogP contribution in [0.1, 0.15) is 26.2 Å². The van der Waals surface area contributed by atoms with Gasteiger partial charge >= 0.3 is 0 Å². The van der Waals surface area contributed by atoms with E-state index < -0.39 is 0 Å². The van der Waals surface area contributed by atoms with Gasteiger partial charge in [-0.3, -0.25) is 9.80 Å². The van der Waals surface area contributed by atoms with Gasteiger partial charge in [0.05, 0.1) is 19.3 Å². The molecule has 2 rings (SSSR count). The maximum atomic E-state index is 10.1. The number of aliphatic hydroxyl groups excluding tert-OH is 1. The predicted molar refractivity (Wildman–Crippen MR) is 68.2 cm³/mol. The Balaban J connectivity index is 1.70. The molecule has 4 heteroatoms. The third-order valence-electron chi connectivity index (χ3n) is 3.96. The number of hydrogen-bond acceptors (Lipinski definition) is 4. The van der Waals surface area contributed by atoms with Crippen LogP contribution in [0.5, 0.6) is 0 Å². The average molecular weight is 242 g/mol. The van der Waals surface area contributed by atoms with E-state index in [1.807, 2.05) is 0 Å². The van der Waals surface area contributed by atoms with Crippen molar-refractivity contribution in [2.45, 2.75) is 38.3 Å². The second kappa shape index (κ2) is 6.69. The zero-order valence-corrected chi connectivity index (χ0v) is 11.0. The average Bonchev–Trinajstić information content (AvgIpc) is 2.33. The quantitative estimate of drug-likeness (QED) is 0.781. The van der Waals surface area contributed by atoms with Crippen LogP contribution in [-0.4, -0.2) is 73.0 Å². The topological polar surface area (TPSA) is 35.9 Å². The smallest absolute Gasteiger partial charge is 0.0793 e. The molecule has 0 aromatic carbocycles. The Labute approximate surface area is 105 Å². The number of aliphatic hydroxyl groups is 1. The largest absolute Gasteiger partial charge is 0.390 e. The highest BCUT2D eigenvalue weighted by Crippen LogP contribution is 2.16. The summed E-state index contributed by atoms with van der Waals surface area (Å²) in [6, 6.07) is 0.642. The van der Waals surface area contributed by atoms with Crippen LogP contribution >= 0.6 is 0 Å². The number of likely N-dealkylation sites (tertiary alicyclic amines) is 1. The lowest BCUT2D eigenvalue weighted by molar-refractivity contribution is 0.000865. The molecule has 0 aromatic heterocycles. The molecule has 4 nitrogen and oxygen atoms in total. The zero-order valence-electron chi connectivity index (χ0n) is 11.0. The molecular formula is C13H26N2O2. The van der Waals surface area contributed by atoms with E-state index in [1.165, 1.54) is 19.3 Å². The van der Waals surface area contributed by atoms with Gasteiger partial charge in [0, 0.05) is 32.2 Å². The molecule has 2 heterocycles. The van der Waals surface area contributed by atoms with Gasteiger partial charge in [0.1, 0.15) is 0 Å². The minimum atomic E-state index is -0.214. The molecule has 2 fully saturated rings. The fourth-order valence-electron chi connectivity index (χ4n) is 2.84. The Bertz CT molecular complexity index is 219. The second-order valence-corrected chi connectivity index (χ2v) is 5.41. The molecule has 0 aliphatic carbocycles. The highest BCUT2D eigenvalue weighted by Gasteiger charge is 2.22. The predicted octanol–water partition coefficient (Wildman–Crippen LogP) is 0.554. The minimum Gasteiger partial charge on any atom is -0.390 e. The van der Waals surface area contributed by atoms with Crippen LogP contribution in [0.25, 0.3) is 0 Å². The van der Waals surface area contributed by atoms with Crippen molar-refractivity contribution < 1.29 is 9.84 Å². The van der Waals surface area contributed by atoms with Gasteiger partial charge in [0.25, 0.3) is 0 Å². The molecule has 0 amide bonds. The summed E-state index contributed by atoms with van der Waals surface area (Å²) >= 11 is 0. The lowest BCUT2D eigenvalue weighted by atomic mass is 10.0. The van der Waals surface area contributed by atoms with Crippen molar-refractivity contribution in [2.75, 3.05) is 45.9 Å². The van der Waals surface area contributed by atoms with Gasteiger partial charge in [-0.2, -0.15) is 0 Å². The summed E-state index contributed by atoms with van der Waals surface area (Å²) in [5.41, 5.74) is 0. The maximum absolute atomic E-state index is 10.1. The Kier molecular flexibility index (Phi) is 5.22. The fourth-order valence-corrected chi connectivity index (χ4v) is 2.84. The van der Waals surface area contributed by atoms with Crippen molar-refractivity contribution in [3.63, 3.8) is 0 Å². The molecule has 0 radical (unpaired) electrons. The van der Waals surface area contributed by atoms with Crippen LogP contribution in [0.15, 0.2) is 0 Å². The lowest BCUT2D eigenvalue weighted by Gasteiger charge is -2.36. The standard InChI is InChI=1S/C13H26N2O2/c1-12-4-2-3-5-15(12)11-13(16)10-14-6-8-17-9-7-14/h12-13,16H,2-11H2,1H3. The van der Waals surface area contributed by atoms with Gasteiger partial charge in [0.15, 0.2) is 0 Å². The van der Waals surface area contributed by atoms with E-state index >= 15 is 0 Å². The molecule has 17 heavy (non-hydrogen) atoms. The van der Waals surface area contributed by atoms with Gasteiger partial charge in [-0.15, -0.1) is 0 Å². The number of ether oxygens (including phenoxy) is 1. The SMILES string of the molecule is CC1CCCCN1CC(O)CN1CCOCC1. The van der Waals surface area contributed by atoms with Crippen molar-refractivity contribution in [1.82, 2.24) is 9.80 Å². The Morgan fingerprint density at radius 1 is 1.18 bits per heavy atom. The van der Waals surface area contributed by atoms with E-state index in [4.69, 9.17) is 4.74 Å².